The summed E-state index contributed by atoms with van der Waals surface area (Å²) in [5.41, 5.74) is 3.47. The van der Waals surface area contributed by atoms with Gasteiger partial charge in [-0.3, -0.25) is 0 Å². The SMILES string of the molecule is CCOc1c(Br)cc(Br)cc1C=NNc1nn[nH]n1. The summed E-state index contributed by atoms with van der Waals surface area (Å²) in [5.74, 6) is 1.02. The summed E-state index contributed by atoms with van der Waals surface area (Å²) in [7, 11) is 0. The zero-order valence-electron chi connectivity index (χ0n) is 9.89. The van der Waals surface area contributed by atoms with Crippen LogP contribution in [0.4, 0.5) is 5.95 Å². The van der Waals surface area contributed by atoms with E-state index in [1.54, 1.807) is 6.21 Å². The molecule has 1 aromatic heterocycles. The molecule has 7 nitrogen and oxygen atoms in total. The average molecular weight is 390 g/mol. The molecule has 9 heteroatoms. The lowest BCUT2D eigenvalue weighted by molar-refractivity contribution is 0.337. The van der Waals surface area contributed by atoms with Crippen LogP contribution in [0.15, 0.2) is 26.2 Å². The first kappa shape index (κ1) is 13.9. The van der Waals surface area contributed by atoms with Crippen molar-refractivity contribution in [2.24, 2.45) is 5.10 Å². The van der Waals surface area contributed by atoms with Gasteiger partial charge in [-0.2, -0.15) is 10.3 Å². The quantitative estimate of drug-likeness (QED) is 0.606. The zero-order valence-corrected chi connectivity index (χ0v) is 13.1. The van der Waals surface area contributed by atoms with Crippen molar-refractivity contribution in [1.82, 2.24) is 20.6 Å². The first-order chi connectivity index (χ1) is 9.20. The number of aromatic amines is 1. The van der Waals surface area contributed by atoms with E-state index in [1.165, 1.54) is 0 Å². The van der Waals surface area contributed by atoms with Gasteiger partial charge in [-0.25, -0.2) is 5.43 Å². The van der Waals surface area contributed by atoms with Crippen molar-refractivity contribution in [2.45, 2.75) is 6.92 Å². The van der Waals surface area contributed by atoms with Crippen LogP contribution in [-0.2, 0) is 0 Å². The van der Waals surface area contributed by atoms with Crippen LogP contribution < -0.4 is 10.2 Å². The second kappa shape index (κ2) is 6.62. The molecule has 2 N–H and O–H groups in total. The molecule has 0 spiro atoms. The molecular weight excluding hydrogens is 380 g/mol. The second-order valence-corrected chi connectivity index (χ2v) is 5.11. The van der Waals surface area contributed by atoms with Crippen LogP contribution in [0.25, 0.3) is 0 Å². The van der Waals surface area contributed by atoms with E-state index < -0.39 is 0 Å². The molecule has 0 aliphatic rings. The van der Waals surface area contributed by atoms with E-state index in [0.717, 1.165) is 20.3 Å². The standard InChI is InChI=1S/C10H10Br2N6O/c1-2-19-9-6(3-7(11)4-8(9)12)5-13-14-10-15-17-18-16-10/h3-5H,2H2,1H3,(H2,14,15,16,17,18). The molecular formula is C10H10Br2N6O. The minimum atomic E-state index is 0.295. The Kier molecular flexibility index (Phi) is 4.86. The van der Waals surface area contributed by atoms with Gasteiger partial charge in [0, 0.05) is 10.0 Å². The summed E-state index contributed by atoms with van der Waals surface area (Å²) >= 11 is 6.87. The Morgan fingerprint density at radius 1 is 1.47 bits per heavy atom. The number of halogens is 2. The first-order valence-corrected chi connectivity index (χ1v) is 6.93. The number of anilines is 1. The lowest BCUT2D eigenvalue weighted by Crippen LogP contribution is -1.99. The largest absolute Gasteiger partial charge is 0.492 e. The van der Waals surface area contributed by atoms with Gasteiger partial charge in [-0.05, 0) is 40.2 Å². The number of aromatic nitrogens is 4. The van der Waals surface area contributed by atoms with Crippen molar-refractivity contribution in [3.05, 3.63) is 26.6 Å². The van der Waals surface area contributed by atoms with Crippen molar-refractivity contribution < 1.29 is 4.74 Å². The van der Waals surface area contributed by atoms with E-state index in [9.17, 15) is 0 Å². The molecule has 0 unspecified atom stereocenters. The molecule has 19 heavy (non-hydrogen) atoms. The van der Waals surface area contributed by atoms with E-state index in [-0.39, 0.29) is 0 Å². The van der Waals surface area contributed by atoms with Gasteiger partial charge in [0.15, 0.2) is 0 Å². The summed E-state index contributed by atoms with van der Waals surface area (Å²) in [6, 6.07) is 3.81. The Morgan fingerprint density at radius 2 is 2.32 bits per heavy atom. The van der Waals surface area contributed by atoms with Crippen LogP contribution in [0, 0.1) is 0 Å². The van der Waals surface area contributed by atoms with Gasteiger partial charge in [-0.15, -0.1) is 5.10 Å². The van der Waals surface area contributed by atoms with Gasteiger partial charge in [0.1, 0.15) is 5.75 Å². The van der Waals surface area contributed by atoms with E-state index in [4.69, 9.17) is 4.74 Å². The Morgan fingerprint density at radius 3 is 3.00 bits per heavy atom. The van der Waals surface area contributed by atoms with Crippen molar-refractivity contribution in [3.63, 3.8) is 0 Å². The minimum Gasteiger partial charge on any atom is -0.492 e. The summed E-state index contributed by atoms with van der Waals surface area (Å²) in [5, 5.41) is 17.2. The van der Waals surface area contributed by atoms with Crippen LogP contribution in [-0.4, -0.2) is 33.4 Å². The Labute approximate surface area is 126 Å². The number of ether oxygens (including phenoxy) is 1. The minimum absolute atomic E-state index is 0.295. The molecule has 2 aromatic rings. The van der Waals surface area contributed by atoms with Gasteiger partial charge in [0.2, 0.25) is 0 Å². The van der Waals surface area contributed by atoms with E-state index >= 15 is 0 Å². The number of hydrogen-bond donors (Lipinski definition) is 2. The zero-order chi connectivity index (χ0) is 13.7. The van der Waals surface area contributed by atoms with Gasteiger partial charge in [-0.1, -0.05) is 21.0 Å². The predicted molar refractivity (Wildman–Crippen MR) is 78.4 cm³/mol. The van der Waals surface area contributed by atoms with Crippen molar-refractivity contribution >= 4 is 44.0 Å². The maximum atomic E-state index is 5.57. The average Bonchev–Trinajstić information content (AvgIpc) is 2.86. The normalized spacial score (nSPS) is 10.9. The number of tetrazole rings is 1. The summed E-state index contributed by atoms with van der Waals surface area (Å²) in [6.45, 7) is 2.49. The van der Waals surface area contributed by atoms with Crippen molar-refractivity contribution in [1.29, 1.82) is 0 Å². The van der Waals surface area contributed by atoms with E-state index in [1.807, 2.05) is 19.1 Å². The summed E-state index contributed by atoms with van der Waals surface area (Å²) in [4.78, 5) is 0. The molecule has 100 valence electrons. The fourth-order valence-electron chi connectivity index (χ4n) is 1.34. The molecule has 0 amide bonds. The predicted octanol–water partition coefficient (Wildman–Crippen LogP) is 2.57. The number of nitrogens with zero attached hydrogens (tertiary/aromatic N) is 4. The number of benzene rings is 1. The highest BCUT2D eigenvalue weighted by molar-refractivity contribution is 9.11. The highest BCUT2D eigenvalue weighted by Gasteiger charge is 2.08. The lowest BCUT2D eigenvalue weighted by Gasteiger charge is -2.09. The molecule has 0 atom stereocenters. The Bertz CT molecular complexity index is 572. The third kappa shape index (κ3) is 3.74. The van der Waals surface area contributed by atoms with Gasteiger partial charge in [0.25, 0.3) is 5.95 Å². The van der Waals surface area contributed by atoms with Crippen LogP contribution in [0.1, 0.15) is 12.5 Å². The van der Waals surface area contributed by atoms with Crippen LogP contribution in [0.3, 0.4) is 0 Å². The molecule has 0 aliphatic carbocycles. The number of hydrazone groups is 1. The van der Waals surface area contributed by atoms with Crippen molar-refractivity contribution in [2.75, 3.05) is 12.0 Å². The number of H-pyrrole nitrogens is 1. The van der Waals surface area contributed by atoms with Crippen LogP contribution in [0.2, 0.25) is 0 Å². The maximum Gasteiger partial charge on any atom is 0.283 e. The second-order valence-electron chi connectivity index (χ2n) is 3.34. The highest BCUT2D eigenvalue weighted by Crippen LogP contribution is 2.32. The number of nitrogens with one attached hydrogen (secondary N) is 2. The third-order valence-electron chi connectivity index (χ3n) is 2.04. The third-order valence-corrected chi connectivity index (χ3v) is 3.09. The van der Waals surface area contributed by atoms with E-state index in [0.29, 0.717) is 12.6 Å². The smallest absolute Gasteiger partial charge is 0.283 e. The number of hydrogen-bond acceptors (Lipinski definition) is 6. The molecule has 2 rings (SSSR count). The van der Waals surface area contributed by atoms with Gasteiger partial charge < -0.3 is 4.74 Å². The van der Waals surface area contributed by atoms with Crippen LogP contribution >= 0.6 is 31.9 Å². The maximum absolute atomic E-state index is 5.57. The number of rotatable bonds is 5. The Hall–Kier alpha value is -1.48. The fraction of sp³-hybridized carbons (Fsp3) is 0.200. The van der Waals surface area contributed by atoms with Crippen LogP contribution in [0.5, 0.6) is 5.75 Å². The Balaban J connectivity index is 2.20. The van der Waals surface area contributed by atoms with Crippen molar-refractivity contribution in [3.8, 4) is 5.75 Å². The fourth-order valence-corrected chi connectivity index (χ4v) is 2.71. The van der Waals surface area contributed by atoms with Gasteiger partial charge in [0.05, 0.1) is 17.3 Å². The monoisotopic (exact) mass is 388 g/mol. The molecule has 0 radical (unpaired) electrons. The molecule has 0 fully saturated rings. The highest BCUT2D eigenvalue weighted by atomic mass is 79.9. The molecule has 0 saturated heterocycles. The molecule has 0 bridgehead atoms. The molecule has 0 aliphatic heterocycles. The molecule has 1 heterocycles. The summed E-state index contributed by atoms with van der Waals surface area (Å²) in [6.07, 6.45) is 1.62. The van der Waals surface area contributed by atoms with E-state index in [2.05, 4.69) is 63.0 Å². The molecule has 1 aromatic carbocycles. The topological polar surface area (TPSA) is 88.1 Å². The summed E-state index contributed by atoms with van der Waals surface area (Å²) < 4.78 is 7.35. The lowest BCUT2D eigenvalue weighted by atomic mass is 10.2. The van der Waals surface area contributed by atoms with Gasteiger partial charge >= 0.3 is 0 Å². The first-order valence-electron chi connectivity index (χ1n) is 5.35. The molecule has 0 saturated carbocycles.